The first-order valence-electron chi connectivity index (χ1n) is 6.92. The molecule has 0 aliphatic heterocycles. The van der Waals surface area contributed by atoms with Gasteiger partial charge in [0.2, 0.25) is 0 Å². The highest BCUT2D eigenvalue weighted by Crippen LogP contribution is 2.24. The first-order chi connectivity index (χ1) is 10.1. The van der Waals surface area contributed by atoms with Gasteiger partial charge in [0, 0.05) is 0 Å². The molecule has 0 saturated heterocycles. The molecule has 1 aromatic carbocycles. The predicted octanol–water partition coefficient (Wildman–Crippen LogP) is 2.71. The summed E-state index contributed by atoms with van der Waals surface area (Å²) < 4.78 is 9.83. The molecule has 6 nitrogen and oxygen atoms in total. The number of aryl methyl sites for hydroxylation is 1. The maximum absolute atomic E-state index is 11.6. The second kappa shape index (κ2) is 10.5. The molecule has 21 heavy (non-hydrogen) atoms. The van der Waals surface area contributed by atoms with Crippen LogP contribution in [0.15, 0.2) is 18.2 Å². The van der Waals surface area contributed by atoms with Crippen molar-refractivity contribution in [3.05, 3.63) is 23.8 Å². The van der Waals surface area contributed by atoms with Crippen molar-refractivity contribution in [1.29, 1.82) is 0 Å². The average molecular weight is 296 g/mol. The minimum atomic E-state index is -0.489. The summed E-state index contributed by atoms with van der Waals surface area (Å²) in [7, 11) is 1.52. The summed E-state index contributed by atoms with van der Waals surface area (Å²) >= 11 is 0. The molecule has 2 amide bonds. The number of benzene rings is 1. The van der Waals surface area contributed by atoms with E-state index in [1.807, 2.05) is 26.8 Å². The van der Waals surface area contributed by atoms with E-state index in [2.05, 4.69) is 10.6 Å². The molecular weight excluding hydrogens is 272 g/mol. The molecule has 0 unspecified atom stereocenters. The van der Waals surface area contributed by atoms with Crippen LogP contribution >= 0.6 is 0 Å². The normalized spacial score (nSPS) is 9.00. The molecule has 0 spiro atoms. The lowest BCUT2D eigenvalue weighted by molar-refractivity contribution is -0.141. The Bertz CT molecular complexity index is 461. The summed E-state index contributed by atoms with van der Waals surface area (Å²) in [5.74, 6) is 0.0748. The van der Waals surface area contributed by atoms with E-state index in [9.17, 15) is 9.59 Å². The Balaban J connectivity index is 0.00000191. The third-order valence-electron chi connectivity index (χ3n) is 2.30. The molecular formula is C15H24N2O4. The predicted molar refractivity (Wildman–Crippen MR) is 82.7 cm³/mol. The largest absolute Gasteiger partial charge is 0.495 e. The molecule has 0 saturated carbocycles. The highest BCUT2D eigenvalue weighted by Gasteiger charge is 2.09. The lowest BCUT2D eigenvalue weighted by Crippen LogP contribution is -2.34. The van der Waals surface area contributed by atoms with Gasteiger partial charge in [-0.15, -0.1) is 0 Å². The first kappa shape index (κ1) is 18.8. The number of rotatable bonds is 5. The van der Waals surface area contributed by atoms with Crippen molar-refractivity contribution < 1.29 is 19.1 Å². The van der Waals surface area contributed by atoms with E-state index in [0.29, 0.717) is 11.4 Å². The van der Waals surface area contributed by atoms with Gasteiger partial charge in [0.1, 0.15) is 12.3 Å². The summed E-state index contributed by atoms with van der Waals surface area (Å²) in [6, 6.07) is 4.93. The molecule has 0 atom stereocenters. The van der Waals surface area contributed by atoms with Crippen molar-refractivity contribution in [3.63, 3.8) is 0 Å². The Labute approximate surface area is 125 Å². The highest BCUT2D eigenvalue weighted by molar-refractivity contribution is 5.92. The zero-order chi connectivity index (χ0) is 16.3. The van der Waals surface area contributed by atoms with Gasteiger partial charge in [-0.1, -0.05) is 19.9 Å². The second-order valence-corrected chi connectivity index (χ2v) is 3.82. The Morgan fingerprint density at radius 3 is 2.48 bits per heavy atom. The van der Waals surface area contributed by atoms with Crippen molar-refractivity contribution in [3.8, 4) is 5.75 Å². The number of anilines is 1. The molecule has 1 aromatic rings. The van der Waals surface area contributed by atoms with Gasteiger partial charge in [-0.3, -0.25) is 4.79 Å². The fourth-order valence-corrected chi connectivity index (χ4v) is 1.45. The van der Waals surface area contributed by atoms with E-state index in [1.54, 1.807) is 19.1 Å². The Hall–Kier alpha value is -2.24. The van der Waals surface area contributed by atoms with Crippen LogP contribution in [-0.2, 0) is 9.53 Å². The van der Waals surface area contributed by atoms with Crippen LogP contribution in [0.4, 0.5) is 10.5 Å². The van der Waals surface area contributed by atoms with Crippen LogP contribution in [0.5, 0.6) is 5.75 Å². The number of carbonyl (C=O) groups is 2. The Morgan fingerprint density at radius 1 is 1.24 bits per heavy atom. The van der Waals surface area contributed by atoms with Crippen molar-refractivity contribution >= 4 is 17.7 Å². The van der Waals surface area contributed by atoms with Crippen LogP contribution < -0.4 is 15.4 Å². The fourth-order valence-electron chi connectivity index (χ4n) is 1.45. The van der Waals surface area contributed by atoms with Crippen LogP contribution in [0.2, 0.25) is 0 Å². The number of esters is 1. The van der Waals surface area contributed by atoms with Crippen molar-refractivity contribution in [1.82, 2.24) is 5.32 Å². The molecule has 0 bridgehead atoms. The molecule has 1 rings (SSSR count). The lowest BCUT2D eigenvalue weighted by atomic mass is 10.2. The quantitative estimate of drug-likeness (QED) is 0.819. The number of nitrogens with one attached hydrogen (secondary N) is 2. The topological polar surface area (TPSA) is 76.7 Å². The van der Waals surface area contributed by atoms with Crippen LogP contribution in [0, 0.1) is 6.92 Å². The number of hydrogen-bond donors (Lipinski definition) is 2. The van der Waals surface area contributed by atoms with Crippen molar-refractivity contribution in [2.45, 2.75) is 27.7 Å². The Kier molecular flexibility index (Phi) is 9.41. The second-order valence-electron chi connectivity index (χ2n) is 3.82. The number of urea groups is 1. The maximum atomic E-state index is 11.6. The third-order valence-corrected chi connectivity index (χ3v) is 2.30. The van der Waals surface area contributed by atoms with E-state index in [0.717, 1.165) is 5.56 Å². The molecule has 0 radical (unpaired) electrons. The highest BCUT2D eigenvalue weighted by atomic mass is 16.5. The smallest absolute Gasteiger partial charge is 0.325 e. The SMILES string of the molecule is CC.CCOC(=O)CNC(=O)Nc1cc(C)ccc1OC. The van der Waals surface area contributed by atoms with Gasteiger partial charge in [-0.2, -0.15) is 0 Å². The van der Waals surface area contributed by atoms with E-state index in [4.69, 9.17) is 9.47 Å². The van der Waals surface area contributed by atoms with Gasteiger partial charge >= 0.3 is 12.0 Å². The van der Waals surface area contributed by atoms with Gasteiger partial charge in [0.25, 0.3) is 0 Å². The van der Waals surface area contributed by atoms with E-state index < -0.39 is 12.0 Å². The van der Waals surface area contributed by atoms with Gasteiger partial charge in [0.05, 0.1) is 19.4 Å². The minimum absolute atomic E-state index is 0.173. The number of methoxy groups -OCH3 is 1. The van der Waals surface area contributed by atoms with Crippen LogP contribution in [0.3, 0.4) is 0 Å². The molecule has 0 aliphatic carbocycles. The summed E-state index contributed by atoms with van der Waals surface area (Å²) in [6.45, 7) is 7.72. The molecule has 118 valence electrons. The summed E-state index contributed by atoms with van der Waals surface area (Å²) in [5, 5.41) is 5.02. The minimum Gasteiger partial charge on any atom is -0.495 e. The number of hydrogen-bond acceptors (Lipinski definition) is 4. The maximum Gasteiger partial charge on any atom is 0.325 e. The zero-order valence-electron chi connectivity index (χ0n) is 13.3. The molecule has 0 aliphatic rings. The van der Waals surface area contributed by atoms with Gasteiger partial charge in [0.15, 0.2) is 0 Å². The van der Waals surface area contributed by atoms with Crippen LogP contribution in [-0.4, -0.2) is 32.3 Å². The number of amides is 2. The van der Waals surface area contributed by atoms with Crippen LogP contribution in [0.25, 0.3) is 0 Å². The molecule has 2 N–H and O–H groups in total. The van der Waals surface area contributed by atoms with Crippen molar-refractivity contribution in [2.75, 3.05) is 25.6 Å². The monoisotopic (exact) mass is 296 g/mol. The Morgan fingerprint density at radius 2 is 1.90 bits per heavy atom. The van der Waals surface area contributed by atoms with Gasteiger partial charge < -0.3 is 20.1 Å². The van der Waals surface area contributed by atoms with E-state index >= 15 is 0 Å². The molecule has 6 heteroatoms. The zero-order valence-corrected chi connectivity index (χ0v) is 13.3. The third kappa shape index (κ3) is 7.20. The fraction of sp³-hybridized carbons (Fsp3) is 0.467. The summed E-state index contributed by atoms with van der Waals surface area (Å²) in [6.07, 6.45) is 0. The number of ether oxygens (including phenoxy) is 2. The van der Waals surface area contributed by atoms with Gasteiger partial charge in [-0.25, -0.2) is 4.79 Å². The number of carbonyl (C=O) groups excluding carboxylic acids is 2. The first-order valence-corrected chi connectivity index (χ1v) is 6.92. The molecule has 0 aromatic heterocycles. The van der Waals surface area contributed by atoms with Crippen LogP contribution in [0.1, 0.15) is 26.3 Å². The standard InChI is InChI=1S/C13H18N2O4.C2H6/c1-4-19-12(16)8-14-13(17)15-10-7-9(2)5-6-11(10)18-3;1-2/h5-7H,4,8H2,1-3H3,(H2,14,15,17);1-2H3. The molecule has 0 fully saturated rings. The van der Waals surface area contributed by atoms with Gasteiger partial charge in [-0.05, 0) is 31.5 Å². The lowest BCUT2D eigenvalue weighted by Gasteiger charge is -2.11. The summed E-state index contributed by atoms with van der Waals surface area (Å²) in [5.41, 5.74) is 1.53. The van der Waals surface area contributed by atoms with Crippen molar-refractivity contribution in [2.24, 2.45) is 0 Å². The average Bonchev–Trinajstić information content (AvgIpc) is 2.48. The molecule has 0 heterocycles. The van der Waals surface area contributed by atoms with E-state index in [-0.39, 0.29) is 13.2 Å². The summed E-state index contributed by atoms with van der Waals surface area (Å²) in [4.78, 5) is 22.7. The van der Waals surface area contributed by atoms with E-state index in [1.165, 1.54) is 7.11 Å².